The summed E-state index contributed by atoms with van der Waals surface area (Å²) in [6.07, 6.45) is 5.87. The van der Waals surface area contributed by atoms with Crippen molar-refractivity contribution in [2.45, 2.75) is 29.4 Å². The van der Waals surface area contributed by atoms with Crippen molar-refractivity contribution in [1.82, 2.24) is 14.3 Å². The lowest BCUT2D eigenvalue weighted by atomic mass is 9.86. The van der Waals surface area contributed by atoms with E-state index in [0.717, 1.165) is 12.1 Å². The van der Waals surface area contributed by atoms with E-state index in [2.05, 4.69) is 9.97 Å². The summed E-state index contributed by atoms with van der Waals surface area (Å²) >= 11 is 0. The number of aromatic nitrogens is 2. The molecular weight excluding hydrogens is 361 g/mol. The minimum absolute atomic E-state index is 0.0805. The summed E-state index contributed by atoms with van der Waals surface area (Å²) in [4.78, 5) is 8.16. The summed E-state index contributed by atoms with van der Waals surface area (Å²) < 4.78 is 51.3. The van der Waals surface area contributed by atoms with E-state index in [1.807, 2.05) is 0 Å². The molecule has 0 unspecified atom stereocenters. The SMILES string of the molecule is O=S(=O)(c1ccc(F)cc1)N1CC2(C[C@@H](Oc3cnccn3)CCO2)C1. The molecule has 2 saturated heterocycles. The van der Waals surface area contributed by atoms with Crippen molar-refractivity contribution < 1.29 is 22.3 Å². The number of halogens is 1. The van der Waals surface area contributed by atoms with Crippen LogP contribution in [-0.2, 0) is 14.8 Å². The Morgan fingerprint density at radius 2 is 2.00 bits per heavy atom. The van der Waals surface area contributed by atoms with Gasteiger partial charge in [0.1, 0.15) is 11.9 Å². The number of hydrogen-bond acceptors (Lipinski definition) is 6. The molecule has 0 radical (unpaired) electrons. The number of benzene rings is 1. The first-order valence-corrected chi connectivity index (χ1v) is 9.73. The van der Waals surface area contributed by atoms with Gasteiger partial charge in [-0.3, -0.25) is 4.98 Å². The fraction of sp³-hybridized carbons (Fsp3) is 0.412. The normalized spacial score (nSPS) is 22.7. The molecule has 1 atom stereocenters. The lowest BCUT2D eigenvalue weighted by molar-refractivity contribution is -0.165. The Morgan fingerprint density at radius 1 is 1.23 bits per heavy atom. The predicted molar refractivity (Wildman–Crippen MR) is 89.5 cm³/mol. The van der Waals surface area contributed by atoms with E-state index >= 15 is 0 Å². The molecule has 1 aromatic carbocycles. The van der Waals surface area contributed by atoms with E-state index < -0.39 is 21.4 Å². The van der Waals surface area contributed by atoms with Gasteiger partial charge in [-0.15, -0.1) is 0 Å². The van der Waals surface area contributed by atoms with Crippen LogP contribution in [0.3, 0.4) is 0 Å². The van der Waals surface area contributed by atoms with Crippen LogP contribution in [0.4, 0.5) is 4.39 Å². The van der Waals surface area contributed by atoms with Gasteiger partial charge in [0.15, 0.2) is 0 Å². The highest BCUT2D eigenvalue weighted by molar-refractivity contribution is 7.89. The average molecular weight is 379 g/mol. The van der Waals surface area contributed by atoms with Gasteiger partial charge in [-0.05, 0) is 24.3 Å². The lowest BCUT2D eigenvalue weighted by Crippen LogP contribution is -2.67. The van der Waals surface area contributed by atoms with Gasteiger partial charge in [0.05, 0.1) is 23.3 Å². The third-order valence-electron chi connectivity index (χ3n) is 4.66. The van der Waals surface area contributed by atoms with Crippen LogP contribution in [0.1, 0.15) is 12.8 Å². The molecule has 2 aromatic rings. The third-order valence-corrected chi connectivity index (χ3v) is 6.46. The quantitative estimate of drug-likeness (QED) is 0.803. The maximum atomic E-state index is 13.0. The van der Waals surface area contributed by atoms with Gasteiger partial charge in [-0.2, -0.15) is 4.31 Å². The zero-order chi connectivity index (χ0) is 18.2. The van der Waals surface area contributed by atoms with Crippen LogP contribution in [-0.4, -0.2) is 54.1 Å². The number of rotatable bonds is 4. The van der Waals surface area contributed by atoms with E-state index in [-0.39, 0.29) is 24.1 Å². The van der Waals surface area contributed by atoms with Gasteiger partial charge >= 0.3 is 0 Å². The molecule has 138 valence electrons. The van der Waals surface area contributed by atoms with Gasteiger partial charge in [0, 0.05) is 38.3 Å². The molecule has 0 saturated carbocycles. The summed E-state index contributed by atoms with van der Waals surface area (Å²) in [5.74, 6) is -0.0201. The van der Waals surface area contributed by atoms with Crippen LogP contribution in [0.25, 0.3) is 0 Å². The summed E-state index contributed by atoms with van der Waals surface area (Å²) in [6.45, 7) is 1.01. The van der Waals surface area contributed by atoms with Crippen molar-refractivity contribution in [3.05, 3.63) is 48.7 Å². The second-order valence-electron chi connectivity index (χ2n) is 6.53. The molecule has 3 heterocycles. The third kappa shape index (κ3) is 3.29. The predicted octanol–water partition coefficient (Wildman–Crippen LogP) is 1.62. The Kier molecular flexibility index (Phi) is 4.37. The molecule has 2 aliphatic heterocycles. The smallest absolute Gasteiger partial charge is 0.243 e. The zero-order valence-electron chi connectivity index (χ0n) is 13.9. The first-order valence-electron chi connectivity index (χ1n) is 8.29. The summed E-state index contributed by atoms with van der Waals surface area (Å²) in [6, 6.07) is 4.84. The molecule has 0 amide bonds. The maximum Gasteiger partial charge on any atom is 0.243 e. The van der Waals surface area contributed by atoms with Crippen molar-refractivity contribution in [2.24, 2.45) is 0 Å². The van der Waals surface area contributed by atoms with Crippen LogP contribution >= 0.6 is 0 Å². The van der Waals surface area contributed by atoms with Crippen LogP contribution < -0.4 is 4.74 Å². The van der Waals surface area contributed by atoms with E-state index in [1.54, 1.807) is 18.6 Å². The van der Waals surface area contributed by atoms with Gasteiger partial charge in [0.25, 0.3) is 0 Å². The van der Waals surface area contributed by atoms with E-state index in [9.17, 15) is 12.8 Å². The number of sulfonamides is 1. The Balaban J connectivity index is 1.41. The Morgan fingerprint density at radius 3 is 2.69 bits per heavy atom. The monoisotopic (exact) mass is 379 g/mol. The first-order chi connectivity index (χ1) is 12.5. The lowest BCUT2D eigenvalue weighted by Gasteiger charge is -2.51. The topological polar surface area (TPSA) is 81.6 Å². The molecule has 26 heavy (non-hydrogen) atoms. The summed E-state index contributed by atoms with van der Waals surface area (Å²) in [5, 5.41) is 0. The standard InChI is InChI=1S/C17H18FN3O4S/c18-13-1-3-15(4-2-13)26(22,23)21-11-17(12-21)9-14(5-8-24-17)25-16-10-19-6-7-20-16/h1-4,6-7,10,14H,5,8-9,11-12H2/t14-/m0/s1. The molecule has 0 N–H and O–H groups in total. The first kappa shape index (κ1) is 17.3. The highest BCUT2D eigenvalue weighted by Crippen LogP contribution is 2.38. The minimum atomic E-state index is -3.65. The maximum absolute atomic E-state index is 13.0. The Labute approximate surface area is 150 Å². The van der Waals surface area contributed by atoms with E-state index in [1.165, 1.54) is 16.4 Å². The second kappa shape index (κ2) is 6.57. The fourth-order valence-corrected chi connectivity index (χ4v) is 4.93. The van der Waals surface area contributed by atoms with Crippen molar-refractivity contribution in [1.29, 1.82) is 0 Å². The summed E-state index contributed by atoms with van der Waals surface area (Å²) in [5.41, 5.74) is -0.543. The molecular formula is C17H18FN3O4S. The molecule has 1 spiro atoms. The molecule has 4 rings (SSSR count). The van der Waals surface area contributed by atoms with Crippen LogP contribution in [0.15, 0.2) is 47.8 Å². The molecule has 0 aliphatic carbocycles. The molecule has 1 aromatic heterocycles. The summed E-state index contributed by atoms with van der Waals surface area (Å²) in [7, 11) is -3.65. The van der Waals surface area contributed by atoms with Gasteiger partial charge in [0.2, 0.25) is 15.9 Å². The number of hydrogen-bond donors (Lipinski definition) is 0. The van der Waals surface area contributed by atoms with E-state index in [4.69, 9.17) is 9.47 Å². The van der Waals surface area contributed by atoms with E-state index in [0.29, 0.717) is 25.3 Å². The van der Waals surface area contributed by atoms with Gasteiger partial charge < -0.3 is 9.47 Å². The molecule has 2 aliphatic rings. The molecule has 2 fully saturated rings. The molecule has 9 heteroatoms. The zero-order valence-corrected chi connectivity index (χ0v) is 14.7. The van der Waals surface area contributed by atoms with Gasteiger partial charge in [-0.25, -0.2) is 17.8 Å². The van der Waals surface area contributed by atoms with Crippen LogP contribution in [0.2, 0.25) is 0 Å². The largest absolute Gasteiger partial charge is 0.473 e. The Hall–Kier alpha value is -2.10. The van der Waals surface area contributed by atoms with Crippen molar-refractivity contribution >= 4 is 10.0 Å². The van der Waals surface area contributed by atoms with Crippen molar-refractivity contribution in [2.75, 3.05) is 19.7 Å². The molecule has 0 bridgehead atoms. The highest BCUT2D eigenvalue weighted by atomic mass is 32.2. The van der Waals surface area contributed by atoms with Crippen molar-refractivity contribution in [3.63, 3.8) is 0 Å². The average Bonchev–Trinajstić information content (AvgIpc) is 2.61. The van der Waals surface area contributed by atoms with Crippen LogP contribution in [0.5, 0.6) is 5.88 Å². The van der Waals surface area contributed by atoms with Crippen molar-refractivity contribution in [3.8, 4) is 5.88 Å². The minimum Gasteiger partial charge on any atom is -0.473 e. The van der Waals surface area contributed by atoms with Gasteiger partial charge in [-0.1, -0.05) is 0 Å². The van der Waals surface area contributed by atoms with Crippen LogP contribution in [0, 0.1) is 5.82 Å². The number of nitrogens with zero attached hydrogens (tertiary/aromatic N) is 3. The molecule has 7 nitrogen and oxygen atoms in total. The Bertz CT molecular complexity index is 871. The number of ether oxygens (including phenoxy) is 2. The second-order valence-corrected chi connectivity index (χ2v) is 8.47. The fourth-order valence-electron chi connectivity index (χ4n) is 3.34. The highest BCUT2D eigenvalue weighted by Gasteiger charge is 2.52.